The number of nitrogens with zero attached hydrogens (tertiary/aromatic N) is 1. The maximum absolute atomic E-state index is 15.4. The van der Waals surface area contributed by atoms with Crippen molar-refractivity contribution in [3.8, 4) is 5.75 Å². The summed E-state index contributed by atoms with van der Waals surface area (Å²) in [6.45, 7) is 3.78. The third-order valence-corrected chi connectivity index (χ3v) is 4.70. The third-order valence-electron chi connectivity index (χ3n) is 4.70. The molecule has 0 fully saturated rings. The van der Waals surface area contributed by atoms with Crippen LogP contribution in [0.4, 0.5) is 28.0 Å². The first kappa shape index (κ1) is 25.0. The zero-order valence-electron chi connectivity index (χ0n) is 18.6. The quantitative estimate of drug-likeness (QED) is 0.631. The predicted molar refractivity (Wildman–Crippen MR) is 113 cm³/mol. The highest BCUT2D eigenvalue weighted by molar-refractivity contribution is 6.04. The average Bonchev–Trinajstić information content (AvgIpc) is 2.73. The summed E-state index contributed by atoms with van der Waals surface area (Å²) in [6.07, 6.45) is -6.19. The van der Waals surface area contributed by atoms with Gasteiger partial charge in [0, 0.05) is 11.1 Å². The summed E-state index contributed by atoms with van der Waals surface area (Å²) in [4.78, 5) is 37.6. The molecule has 0 aliphatic carbocycles. The number of Topliss-reactive ketones (excluding diaryl/α,β-unsaturated/α-hetero) is 1. The van der Waals surface area contributed by atoms with Crippen LogP contribution in [0.15, 0.2) is 36.4 Å². The van der Waals surface area contributed by atoms with E-state index in [0.717, 1.165) is 11.0 Å². The Bertz CT molecular complexity index is 1110. The molecule has 0 spiro atoms. The lowest BCUT2D eigenvalue weighted by Gasteiger charge is -2.31. The molecule has 0 radical (unpaired) electrons. The monoisotopic (exact) mass is 482 g/mol. The van der Waals surface area contributed by atoms with Crippen LogP contribution in [0, 0.1) is 5.82 Å². The Kier molecular flexibility index (Phi) is 6.85. The van der Waals surface area contributed by atoms with Crippen LogP contribution >= 0.6 is 0 Å². The summed E-state index contributed by atoms with van der Waals surface area (Å²) in [5.41, 5.74) is -1.66. The third kappa shape index (κ3) is 5.83. The Morgan fingerprint density at radius 3 is 2.32 bits per heavy atom. The second kappa shape index (κ2) is 9.32. The van der Waals surface area contributed by atoms with Crippen LogP contribution in [0.2, 0.25) is 0 Å². The van der Waals surface area contributed by atoms with E-state index in [1.54, 1.807) is 51.1 Å². The average molecular weight is 482 g/mol. The van der Waals surface area contributed by atoms with E-state index in [1.165, 1.54) is 5.32 Å². The minimum Gasteiger partial charge on any atom is -0.487 e. The number of ether oxygens (including phenoxy) is 2. The lowest BCUT2D eigenvalue weighted by molar-refractivity contribution is -0.167. The summed E-state index contributed by atoms with van der Waals surface area (Å²) in [7, 11) is 0. The number of alkyl halides is 3. The molecule has 0 unspecified atom stereocenters. The molecule has 1 aliphatic rings. The minimum atomic E-state index is -5.29. The standard InChI is InChI=1S/C23H22F4N2O5/c1-22(2,3)34-21(32)29-10-15-14(16(30)11-29)9-17(33-12-13-7-5-4-6-8-13)19(18(15)24)28-20(31)23(25,26)27/h4-9H,10-12H2,1-3H3,(H,28,31). The Labute approximate surface area is 192 Å². The van der Waals surface area contributed by atoms with Gasteiger partial charge in [0.25, 0.3) is 0 Å². The molecule has 0 saturated carbocycles. The van der Waals surface area contributed by atoms with Gasteiger partial charge >= 0.3 is 18.2 Å². The number of rotatable bonds is 4. The minimum absolute atomic E-state index is 0.161. The fourth-order valence-electron chi connectivity index (χ4n) is 3.18. The van der Waals surface area contributed by atoms with Crippen LogP contribution in [0.5, 0.6) is 5.75 Å². The van der Waals surface area contributed by atoms with Crippen LogP contribution in [0.1, 0.15) is 42.3 Å². The van der Waals surface area contributed by atoms with E-state index in [-0.39, 0.29) is 17.7 Å². The second-order valence-electron chi connectivity index (χ2n) is 8.58. The van der Waals surface area contributed by atoms with Gasteiger partial charge < -0.3 is 14.8 Å². The first-order chi connectivity index (χ1) is 15.8. The topological polar surface area (TPSA) is 84.9 Å². The van der Waals surface area contributed by atoms with E-state index in [4.69, 9.17) is 9.47 Å². The molecule has 0 bridgehead atoms. The smallest absolute Gasteiger partial charge is 0.471 e. The number of ketones is 1. The van der Waals surface area contributed by atoms with Gasteiger partial charge in [0.2, 0.25) is 0 Å². The van der Waals surface area contributed by atoms with Crippen LogP contribution in [-0.2, 0) is 22.7 Å². The van der Waals surface area contributed by atoms with Gasteiger partial charge in [-0.1, -0.05) is 30.3 Å². The predicted octanol–water partition coefficient (Wildman–Crippen LogP) is 4.84. The zero-order chi connectivity index (χ0) is 25.3. The molecule has 0 atom stereocenters. The number of carbonyl (C=O) groups excluding carboxylic acids is 3. The van der Waals surface area contributed by atoms with Crippen molar-refractivity contribution >= 4 is 23.5 Å². The Morgan fingerprint density at radius 2 is 1.74 bits per heavy atom. The molecule has 1 N–H and O–H groups in total. The summed E-state index contributed by atoms with van der Waals surface area (Å²) < 4.78 is 64.8. The molecule has 7 nitrogen and oxygen atoms in total. The molecule has 1 aliphatic heterocycles. The van der Waals surface area contributed by atoms with Crippen LogP contribution in [-0.4, -0.2) is 41.0 Å². The summed E-state index contributed by atoms with van der Waals surface area (Å²) >= 11 is 0. The van der Waals surface area contributed by atoms with Gasteiger partial charge in [-0.15, -0.1) is 0 Å². The molecule has 1 heterocycles. The van der Waals surface area contributed by atoms with E-state index in [1.807, 2.05) is 0 Å². The van der Waals surface area contributed by atoms with E-state index in [9.17, 15) is 27.6 Å². The number of hydrogen-bond donors (Lipinski definition) is 1. The van der Waals surface area contributed by atoms with E-state index in [2.05, 4.69) is 0 Å². The van der Waals surface area contributed by atoms with Crippen LogP contribution in [0.25, 0.3) is 0 Å². The molecule has 2 aromatic rings. The van der Waals surface area contributed by atoms with Gasteiger partial charge in [0.15, 0.2) is 11.6 Å². The molecule has 0 aromatic heterocycles. The molecule has 11 heteroatoms. The van der Waals surface area contributed by atoms with E-state index in [0.29, 0.717) is 5.56 Å². The number of hydrogen-bond acceptors (Lipinski definition) is 5. The summed E-state index contributed by atoms with van der Waals surface area (Å²) in [5, 5.41) is 1.49. The van der Waals surface area contributed by atoms with E-state index < -0.39 is 59.9 Å². The normalized spacial score (nSPS) is 13.9. The highest BCUT2D eigenvalue weighted by Gasteiger charge is 2.41. The maximum Gasteiger partial charge on any atom is 0.471 e. The number of halogens is 4. The van der Waals surface area contributed by atoms with Crippen LogP contribution in [0.3, 0.4) is 0 Å². The van der Waals surface area contributed by atoms with E-state index >= 15 is 4.39 Å². The molecule has 34 heavy (non-hydrogen) atoms. The Morgan fingerprint density at radius 1 is 1.09 bits per heavy atom. The van der Waals surface area contributed by atoms with Gasteiger partial charge in [-0.2, -0.15) is 13.2 Å². The molecule has 182 valence electrons. The highest BCUT2D eigenvalue weighted by atomic mass is 19.4. The molecular formula is C23H22F4N2O5. The van der Waals surface area contributed by atoms with Crippen LogP contribution < -0.4 is 10.1 Å². The summed E-state index contributed by atoms with van der Waals surface area (Å²) in [6, 6.07) is 9.56. The lowest BCUT2D eigenvalue weighted by Crippen LogP contribution is -2.43. The number of anilines is 1. The number of carbonyl (C=O) groups is 3. The highest BCUT2D eigenvalue weighted by Crippen LogP contribution is 2.37. The Hall–Kier alpha value is -3.63. The largest absolute Gasteiger partial charge is 0.487 e. The van der Waals surface area contributed by atoms with Crippen molar-refractivity contribution in [1.82, 2.24) is 4.90 Å². The molecule has 0 saturated heterocycles. The molecule has 2 amide bonds. The van der Waals surface area contributed by atoms with Crippen molar-refractivity contribution in [1.29, 1.82) is 0 Å². The van der Waals surface area contributed by atoms with Crippen molar-refractivity contribution in [3.05, 3.63) is 58.9 Å². The molecule has 3 rings (SSSR count). The van der Waals surface area contributed by atoms with Gasteiger partial charge in [-0.05, 0) is 32.4 Å². The lowest BCUT2D eigenvalue weighted by atomic mass is 9.96. The van der Waals surface area contributed by atoms with Crippen molar-refractivity contribution in [2.45, 2.75) is 45.7 Å². The first-order valence-corrected chi connectivity index (χ1v) is 10.2. The van der Waals surface area contributed by atoms with Crippen molar-refractivity contribution in [2.75, 3.05) is 11.9 Å². The fourth-order valence-corrected chi connectivity index (χ4v) is 3.18. The van der Waals surface area contributed by atoms with Gasteiger partial charge in [-0.3, -0.25) is 14.5 Å². The van der Waals surface area contributed by atoms with Gasteiger partial charge in [-0.25, -0.2) is 9.18 Å². The fraction of sp³-hybridized carbons (Fsp3) is 0.348. The number of benzene rings is 2. The Balaban J connectivity index is 2.00. The SMILES string of the molecule is CC(C)(C)OC(=O)N1CC(=O)c2cc(OCc3ccccc3)c(NC(=O)C(F)(F)F)c(F)c2C1. The zero-order valence-corrected chi connectivity index (χ0v) is 18.6. The van der Waals surface area contributed by atoms with Crippen molar-refractivity contribution in [2.24, 2.45) is 0 Å². The second-order valence-corrected chi connectivity index (χ2v) is 8.58. The molecule has 2 aromatic carbocycles. The first-order valence-electron chi connectivity index (χ1n) is 10.2. The number of amides is 2. The number of fused-ring (bicyclic) bond motifs is 1. The maximum atomic E-state index is 15.4. The van der Waals surface area contributed by atoms with Gasteiger partial charge in [0.05, 0.1) is 13.1 Å². The van der Waals surface area contributed by atoms with Crippen molar-refractivity contribution in [3.63, 3.8) is 0 Å². The number of nitrogens with one attached hydrogen (secondary N) is 1. The summed E-state index contributed by atoms with van der Waals surface area (Å²) in [5.74, 6) is -4.83. The molecular weight excluding hydrogens is 460 g/mol. The van der Waals surface area contributed by atoms with Crippen molar-refractivity contribution < 1.29 is 41.4 Å². The van der Waals surface area contributed by atoms with Gasteiger partial charge in [0.1, 0.15) is 23.6 Å².